The van der Waals surface area contributed by atoms with E-state index in [4.69, 9.17) is 0 Å². The minimum absolute atomic E-state index is 0.0768. The van der Waals surface area contributed by atoms with Crippen molar-refractivity contribution < 1.29 is 4.79 Å². The van der Waals surface area contributed by atoms with Crippen LogP contribution in [0.25, 0.3) is 0 Å². The van der Waals surface area contributed by atoms with Gasteiger partial charge < -0.3 is 4.90 Å². The number of nitrogens with one attached hydrogen (secondary N) is 1. The van der Waals surface area contributed by atoms with Crippen LogP contribution in [0.2, 0.25) is 0 Å². The van der Waals surface area contributed by atoms with Gasteiger partial charge >= 0.3 is 0 Å². The van der Waals surface area contributed by atoms with E-state index in [1.165, 1.54) is 0 Å². The number of H-pyrrole nitrogens is 1. The summed E-state index contributed by atoms with van der Waals surface area (Å²) in [6, 6.07) is 4.14. The van der Waals surface area contributed by atoms with Crippen molar-refractivity contribution in [2.75, 3.05) is 6.54 Å². The number of aromatic amines is 1. The number of rotatable bonds is 2. The molecule has 1 atom stereocenters. The van der Waals surface area contributed by atoms with Crippen molar-refractivity contribution in [3.8, 4) is 0 Å². The number of likely N-dealkylation sites (tertiary alicyclic amines) is 1. The van der Waals surface area contributed by atoms with Crippen molar-refractivity contribution in [1.82, 2.24) is 20.1 Å². The maximum absolute atomic E-state index is 13.0. The zero-order chi connectivity index (χ0) is 14.9. The first kappa shape index (κ1) is 13.5. The molecule has 1 amide bonds. The fourth-order valence-electron chi connectivity index (χ4n) is 3.73. The smallest absolute Gasteiger partial charge is 0.275 e. The standard InChI is InChI=1S/C17H20N4O/c22-17(16-13-6-3-7-14(13)19-20-16)21-10-2-1-8-15(21)12-5-4-9-18-11-12/h4-5,9,11,15H,1-3,6-8,10H2,(H,19,20)/t15-/m0/s1. The van der Waals surface area contributed by atoms with E-state index in [9.17, 15) is 4.79 Å². The van der Waals surface area contributed by atoms with Gasteiger partial charge in [-0.15, -0.1) is 0 Å². The Balaban J connectivity index is 1.65. The molecule has 22 heavy (non-hydrogen) atoms. The number of aryl methyl sites for hydroxylation is 1. The highest BCUT2D eigenvalue weighted by molar-refractivity contribution is 5.94. The van der Waals surface area contributed by atoms with Crippen LogP contribution >= 0.6 is 0 Å². The summed E-state index contributed by atoms with van der Waals surface area (Å²) in [4.78, 5) is 19.2. The normalized spacial score (nSPS) is 20.9. The molecule has 2 aromatic heterocycles. The summed E-state index contributed by atoms with van der Waals surface area (Å²) >= 11 is 0. The van der Waals surface area contributed by atoms with Gasteiger partial charge in [-0.05, 0) is 50.2 Å². The highest BCUT2D eigenvalue weighted by Crippen LogP contribution is 2.33. The predicted molar refractivity (Wildman–Crippen MR) is 82.5 cm³/mol. The van der Waals surface area contributed by atoms with Gasteiger partial charge in [-0.25, -0.2) is 0 Å². The summed E-state index contributed by atoms with van der Waals surface area (Å²) in [7, 11) is 0. The average Bonchev–Trinajstić information content (AvgIpc) is 3.18. The number of hydrogen-bond donors (Lipinski definition) is 1. The number of aromatic nitrogens is 3. The van der Waals surface area contributed by atoms with Gasteiger partial charge in [0.2, 0.25) is 0 Å². The Kier molecular flexibility index (Phi) is 3.41. The highest BCUT2D eigenvalue weighted by Gasteiger charge is 2.32. The first-order valence-electron chi connectivity index (χ1n) is 8.11. The van der Waals surface area contributed by atoms with E-state index < -0.39 is 0 Å². The van der Waals surface area contributed by atoms with Crippen LogP contribution in [0.15, 0.2) is 24.5 Å². The number of carbonyl (C=O) groups excluding carboxylic acids is 1. The minimum Gasteiger partial charge on any atom is -0.330 e. The molecular weight excluding hydrogens is 276 g/mol. The molecule has 0 radical (unpaired) electrons. The van der Waals surface area contributed by atoms with Crippen LogP contribution in [-0.4, -0.2) is 32.5 Å². The predicted octanol–water partition coefficient (Wildman–Crippen LogP) is 2.66. The molecule has 1 fully saturated rings. The van der Waals surface area contributed by atoms with Crippen LogP contribution < -0.4 is 0 Å². The SMILES string of the molecule is O=C(c1n[nH]c2c1CCC2)N1CCCC[C@H]1c1cccnc1. The van der Waals surface area contributed by atoms with E-state index in [1.807, 2.05) is 17.2 Å². The Bertz CT molecular complexity index is 679. The molecule has 0 saturated carbocycles. The minimum atomic E-state index is 0.0768. The third-order valence-electron chi connectivity index (χ3n) is 4.84. The molecular formula is C17H20N4O. The lowest BCUT2D eigenvalue weighted by molar-refractivity contribution is 0.0604. The molecule has 1 N–H and O–H groups in total. The number of amides is 1. The average molecular weight is 296 g/mol. The molecule has 5 heteroatoms. The molecule has 0 unspecified atom stereocenters. The summed E-state index contributed by atoms with van der Waals surface area (Å²) in [5.74, 6) is 0.0768. The maximum atomic E-state index is 13.0. The number of fused-ring (bicyclic) bond motifs is 1. The highest BCUT2D eigenvalue weighted by atomic mass is 16.2. The Hall–Kier alpha value is -2.17. The fraction of sp³-hybridized carbons (Fsp3) is 0.471. The zero-order valence-corrected chi connectivity index (χ0v) is 12.6. The topological polar surface area (TPSA) is 61.9 Å². The van der Waals surface area contributed by atoms with Gasteiger partial charge in [0.15, 0.2) is 5.69 Å². The Morgan fingerprint density at radius 2 is 2.23 bits per heavy atom. The number of nitrogens with zero attached hydrogens (tertiary/aromatic N) is 3. The molecule has 4 rings (SSSR count). The van der Waals surface area contributed by atoms with Crippen molar-refractivity contribution in [2.24, 2.45) is 0 Å². The number of hydrogen-bond acceptors (Lipinski definition) is 3. The van der Waals surface area contributed by atoms with E-state index in [0.717, 1.165) is 61.9 Å². The molecule has 3 heterocycles. The molecule has 2 aromatic rings. The summed E-state index contributed by atoms with van der Waals surface area (Å²) in [6.45, 7) is 0.806. The molecule has 1 aliphatic heterocycles. The second-order valence-electron chi connectivity index (χ2n) is 6.18. The second kappa shape index (κ2) is 5.55. The van der Waals surface area contributed by atoms with Crippen LogP contribution in [-0.2, 0) is 12.8 Å². The van der Waals surface area contributed by atoms with Crippen LogP contribution in [0.4, 0.5) is 0 Å². The van der Waals surface area contributed by atoms with Gasteiger partial charge in [0.05, 0.1) is 6.04 Å². The third kappa shape index (κ3) is 2.21. The van der Waals surface area contributed by atoms with Gasteiger partial charge in [-0.3, -0.25) is 14.9 Å². The molecule has 0 bridgehead atoms. The Morgan fingerprint density at radius 3 is 3.09 bits per heavy atom. The van der Waals surface area contributed by atoms with Crippen LogP contribution in [0.3, 0.4) is 0 Å². The first-order chi connectivity index (χ1) is 10.8. The molecule has 5 nitrogen and oxygen atoms in total. The molecule has 2 aliphatic rings. The largest absolute Gasteiger partial charge is 0.330 e. The number of carbonyl (C=O) groups is 1. The van der Waals surface area contributed by atoms with Crippen molar-refractivity contribution in [1.29, 1.82) is 0 Å². The quantitative estimate of drug-likeness (QED) is 0.926. The monoisotopic (exact) mass is 296 g/mol. The van der Waals surface area contributed by atoms with E-state index in [2.05, 4.69) is 21.2 Å². The number of piperidine rings is 1. The summed E-state index contributed by atoms with van der Waals surface area (Å²) < 4.78 is 0. The second-order valence-corrected chi connectivity index (χ2v) is 6.18. The van der Waals surface area contributed by atoms with E-state index in [-0.39, 0.29) is 11.9 Å². The lowest BCUT2D eigenvalue weighted by atomic mass is 9.95. The maximum Gasteiger partial charge on any atom is 0.275 e. The van der Waals surface area contributed by atoms with Crippen molar-refractivity contribution >= 4 is 5.91 Å². The lowest BCUT2D eigenvalue weighted by Gasteiger charge is -2.35. The van der Waals surface area contributed by atoms with Gasteiger partial charge in [0.1, 0.15) is 0 Å². The molecule has 114 valence electrons. The zero-order valence-electron chi connectivity index (χ0n) is 12.6. The lowest BCUT2D eigenvalue weighted by Crippen LogP contribution is -2.39. The van der Waals surface area contributed by atoms with Gasteiger partial charge in [-0.1, -0.05) is 6.07 Å². The van der Waals surface area contributed by atoms with Gasteiger partial charge in [-0.2, -0.15) is 5.10 Å². The van der Waals surface area contributed by atoms with Crippen molar-refractivity contribution in [3.05, 3.63) is 47.0 Å². The number of pyridine rings is 1. The molecule has 1 aliphatic carbocycles. The van der Waals surface area contributed by atoms with Crippen molar-refractivity contribution in [2.45, 2.75) is 44.6 Å². The van der Waals surface area contributed by atoms with E-state index >= 15 is 0 Å². The third-order valence-corrected chi connectivity index (χ3v) is 4.84. The molecule has 1 saturated heterocycles. The summed E-state index contributed by atoms with van der Waals surface area (Å²) in [5.41, 5.74) is 4.06. The van der Waals surface area contributed by atoms with Crippen molar-refractivity contribution in [3.63, 3.8) is 0 Å². The molecule has 0 spiro atoms. The fourth-order valence-corrected chi connectivity index (χ4v) is 3.73. The van der Waals surface area contributed by atoms with Crippen LogP contribution in [0.1, 0.15) is 59.0 Å². The summed E-state index contributed by atoms with van der Waals surface area (Å²) in [5, 5.41) is 7.36. The van der Waals surface area contributed by atoms with E-state index in [0.29, 0.717) is 5.69 Å². The Labute approximate surface area is 129 Å². The Morgan fingerprint density at radius 1 is 1.27 bits per heavy atom. The van der Waals surface area contributed by atoms with Crippen LogP contribution in [0.5, 0.6) is 0 Å². The van der Waals surface area contributed by atoms with Crippen LogP contribution in [0, 0.1) is 0 Å². The molecule has 0 aromatic carbocycles. The first-order valence-corrected chi connectivity index (χ1v) is 8.11. The van der Waals surface area contributed by atoms with Gasteiger partial charge in [0.25, 0.3) is 5.91 Å². The van der Waals surface area contributed by atoms with Gasteiger partial charge in [0, 0.05) is 30.2 Å². The summed E-state index contributed by atoms with van der Waals surface area (Å²) in [6.07, 6.45) is 9.99. The van der Waals surface area contributed by atoms with E-state index in [1.54, 1.807) is 6.20 Å².